The van der Waals surface area contributed by atoms with Crippen LogP contribution in [-0.4, -0.2) is 29.3 Å². The van der Waals surface area contributed by atoms with Crippen molar-refractivity contribution < 1.29 is 14.6 Å². The molecule has 1 amide bonds. The van der Waals surface area contributed by atoms with Crippen LogP contribution >= 0.6 is 11.6 Å². The second kappa shape index (κ2) is 7.66. The third kappa shape index (κ3) is 5.56. The predicted molar refractivity (Wildman–Crippen MR) is 84.6 cm³/mol. The summed E-state index contributed by atoms with van der Waals surface area (Å²) in [6.07, 6.45) is 0.528. The van der Waals surface area contributed by atoms with Crippen LogP contribution in [0.1, 0.15) is 34.1 Å². The van der Waals surface area contributed by atoms with E-state index in [9.17, 15) is 4.79 Å². The molecule has 0 bridgehead atoms. The highest BCUT2D eigenvalue weighted by molar-refractivity contribution is 6.30. The van der Waals surface area contributed by atoms with Crippen LogP contribution in [0.5, 0.6) is 5.75 Å². The first-order valence-corrected chi connectivity index (χ1v) is 7.50. The first-order chi connectivity index (χ1) is 9.76. The van der Waals surface area contributed by atoms with Gasteiger partial charge in [0, 0.05) is 17.7 Å². The fraction of sp³-hybridized carbons (Fsp3) is 0.562. The molecule has 0 heterocycles. The largest absolute Gasteiger partial charge is 0.478 e. The number of nitrogens with one attached hydrogen (secondary N) is 1. The van der Waals surface area contributed by atoms with Gasteiger partial charge < -0.3 is 15.2 Å². The number of ether oxygens (including phenoxy) is 1. The lowest BCUT2D eigenvalue weighted by Gasteiger charge is -2.29. The van der Waals surface area contributed by atoms with Gasteiger partial charge in [-0.25, -0.2) is 0 Å². The molecule has 0 aliphatic heterocycles. The van der Waals surface area contributed by atoms with Crippen LogP contribution in [0.4, 0.5) is 0 Å². The number of halogens is 1. The van der Waals surface area contributed by atoms with E-state index in [0.29, 0.717) is 17.2 Å². The summed E-state index contributed by atoms with van der Waals surface area (Å²) in [4.78, 5) is 12.4. The topological polar surface area (TPSA) is 58.6 Å². The SMILES string of the molecule is CC(C)C(CCO)NC(=O)C(C)(C)Oc1ccc(Cl)cc1. The van der Waals surface area contributed by atoms with Crippen molar-refractivity contribution in [2.24, 2.45) is 5.92 Å². The molecule has 1 unspecified atom stereocenters. The van der Waals surface area contributed by atoms with Gasteiger partial charge in [0.2, 0.25) is 0 Å². The Labute approximate surface area is 131 Å². The highest BCUT2D eigenvalue weighted by atomic mass is 35.5. The molecule has 0 fully saturated rings. The van der Waals surface area contributed by atoms with Gasteiger partial charge in [-0.3, -0.25) is 4.79 Å². The summed E-state index contributed by atoms with van der Waals surface area (Å²) in [5.41, 5.74) is -1.00. The normalized spacial score (nSPS) is 13.1. The van der Waals surface area contributed by atoms with E-state index in [1.54, 1.807) is 38.1 Å². The van der Waals surface area contributed by atoms with Crippen LogP contribution in [0.2, 0.25) is 5.02 Å². The average Bonchev–Trinajstić information content (AvgIpc) is 2.40. The van der Waals surface area contributed by atoms with Crippen molar-refractivity contribution in [2.75, 3.05) is 6.61 Å². The second-order valence-electron chi connectivity index (χ2n) is 5.90. The van der Waals surface area contributed by atoms with Crippen molar-refractivity contribution in [3.8, 4) is 5.75 Å². The summed E-state index contributed by atoms with van der Waals surface area (Å²) in [6.45, 7) is 7.49. The van der Waals surface area contributed by atoms with E-state index >= 15 is 0 Å². The molecule has 0 spiro atoms. The van der Waals surface area contributed by atoms with Crippen LogP contribution in [0.3, 0.4) is 0 Å². The highest BCUT2D eigenvalue weighted by Crippen LogP contribution is 2.21. The number of hydrogen-bond donors (Lipinski definition) is 2. The van der Waals surface area contributed by atoms with Crippen LogP contribution in [0, 0.1) is 5.92 Å². The third-order valence-corrected chi connectivity index (χ3v) is 3.55. The number of amides is 1. The summed E-state index contributed by atoms with van der Waals surface area (Å²) in [7, 11) is 0. The van der Waals surface area contributed by atoms with Crippen molar-refractivity contribution in [1.82, 2.24) is 5.32 Å². The van der Waals surface area contributed by atoms with E-state index in [-0.39, 0.29) is 24.5 Å². The van der Waals surface area contributed by atoms with E-state index in [4.69, 9.17) is 21.4 Å². The van der Waals surface area contributed by atoms with Gasteiger partial charge in [-0.1, -0.05) is 25.4 Å². The van der Waals surface area contributed by atoms with Crippen molar-refractivity contribution in [3.05, 3.63) is 29.3 Å². The number of benzene rings is 1. The van der Waals surface area contributed by atoms with Crippen molar-refractivity contribution in [1.29, 1.82) is 0 Å². The molecule has 0 aromatic heterocycles. The molecular weight excluding hydrogens is 290 g/mol. The fourth-order valence-electron chi connectivity index (χ4n) is 1.90. The molecule has 0 saturated carbocycles. The molecule has 0 radical (unpaired) electrons. The molecule has 21 heavy (non-hydrogen) atoms. The number of carbonyl (C=O) groups is 1. The summed E-state index contributed by atoms with van der Waals surface area (Å²) in [6, 6.07) is 6.81. The van der Waals surface area contributed by atoms with E-state index in [1.807, 2.05) is 13.8 Å². The number of hydrogen-bond acceptors (Lipinski definition) is 3. The predicted octanol–water partition coefficient (Wildman–Crippen LogP) is 3.02. The number of carbonyl (C=O) groups excluding carboxylic acids is 1. The Morgan fingerprint density at radius 1 is 1.33 bits per heavy atom. The van der Waals surface area contributed by atoms with Gasteiger partial charge in [-0.15, -0.1) is 0 Å². The number of aliphatic hydroxyl groups excluding tert-OH is 1. The van der Waals surface area contributed by atoms with Gasteiger partial charge in [0.1, 0.15) is 5.75 Å². The summed E-state index contributed by atoms with van der Waals surface area (Å²) in [5.74, 6) is 0.625. The molecule has 2 N–H and O–H groups in total. The molecule has 1 atom stereocenters. The van der Waals surface area contributed by atoms with Crippen molar-refractivity contribution >= 4 is 17.5 Å². The van der Waals surface area contributed by atoms with Gasteiger partial charge in [0.25, 0.3) is 5.91 Å². The van der Waals surface area contributed by atoms with Crippen LogP contribution in [0.25, 0.3) is 0 Å². The quantitative estimate of drug-likeness (QED) is 0.813. The Bertz CT molecular complexity index is 457. The molecule has 1 aromatic carbocycles. The van der Waals surface area contributed by atoms with Gasteiger partial charge in [0.05, 0.1) is 0 Å². The van der Waals surface area contributed by atoms with Crippen LogP contribution in [-0.2, 0) is 4.79 Å². The zero-order valence-electron chi connectivity index (χ0n) is 13.0. The molecule has 118 valence electrons. The molecular formula is C16H24ClNO3. The lowest BCUT2D eigenvalue weighted by Crippen LogP contribution is -2.51. The maximum Gasteiger partial charge on any atom is 0.263 e. The molecule has 1 rings (SSSR count). The maximum atomic E-state index is 12.4. The monoisotopic (exact) mass is 313 g/mol. The molecule has 5 heteroatoms. The first-order valence-electron chi connectivity index (χ1n) is 7.12. The van der Waals surface area contributed by atoms with E-state index in [2.05, 4.69) is 5.32 Å². The highest BCUT2D eigenvalue weighted by Gasteiger charge is 2.32. The fourth-order valence-corrected chi connectivity index (χ4v) is 2.02. The summed E-state index contributed by atoms with van der Waals surface area (Å²) >= 11 is 5.83. The minimum Gasteiger partial charge on any atom is -0.478 e. The van der Waals surface area contributed by atoms with Gasteiger partial charge in [-0.05, 0) is 50.5 Å². The van der Waals surface area contributed by atoms with Gasteiger partial charge in [0.15, 0.2) is 5.60 Å². The number of rotatable bonds is 7. The average molecular weight is 314 g/mol. The third-order valence-electron chi connectivity index (χ3n) is 3.29. The maximum absolute atomic E-state index is 12.4. The Morgan fingerprint density at radius 2 is 1.90 bits per heavy atom. The van der Waals surface area contributed by atoms with Crippen molar-refractivity contribution in [2.45, 2.75) is 45.8 Å². The first kappa shape index (κ1) is 17.8. The summed E-state index contributed by atoms with van der Waals surface area (Å²) < 4.78 is 5.74. The van der Waals surface area contributed by atoms with E-state index in [1.165, 1.54) is 0 Å². The van der Waals surface area contributed by atoms with Crippen molar-refractivity contribution in [3.63, 3.8) is 0 Å². The lowest BCUT2D eigenvalue weighted by atomic mass is 9.99. The van der Waals surface area contributed by atoms with Crippen LogP contribution in [0.15, 0.2) is 24.3 Å². The zero-order valence-corrected chi connectivity index (χ0v) is 13.8. The summed E-state index contributed by atoms with van der Waals surface area (Å²) in [5, 5.41) is 12.6. The Kier molecular flexibility index (Phi) is 6.49. The molecule has 1 aromatic rings. The molecule has 0 saturated heterocycles. The second-order valence-corrected chi connectivity index (χ2v) is 6.34. The minimum absolute atomic E-state index is 0.0433. The van der Waals surface area contributed by atoms with Crippen LogP contribution < -0.4 is 10.1 Å². The smallest absolute Gasteiger partial charge is 0.263 e. The standard InChI is InChI=1S/C16H24ClNO3/c1-11(2)14(9-10-19)18-15(20)16(3,4)21-13-7-5-12(17)6-8-13/h5-8,11,14,19H,9-10H2,1-4H3,(H,18,20). The van der Waals surface area contributed by atoms with E-state index in [0.717, 1.165) is 0 Å². The molecule has 0 aliphatic carbocycles. The molecule has 4 nitrogen and oxygen atoms in total. The lowest BCUT2D eigenvalue weighted by molar-refractivity contribution is -0.135. The van der Waals surface area contributed by atoms with Gasteiger partial charge in [-0.2, -0.15) is 0 Å². The Balaban J connectivity index is 2.71. The van der Waals surface area contributed by atoms with Gasteiger partial charge >= 0.3 is 0 Å². The molecule has 0 aliphatic rings. The van der Waals surface area contributed by atoms with E-state index < -0.39 is 5.60 Å². The zero-order chi connectivity index (χ0) is 16.0. The number of aliphatic hydroxyl groups is 1. The minimum atomic E-state index is -1.00. The Hall–Kier alpha value is -1.26. The Morgan fingerprint density at radius 3 is 2.38 bits per heavy atom.